The first-order valence-corrected chi connectivity index (χ1v) is 7.96. The minimum atomic E-state index is -0.574. The van der Waals surface area contributed by atoms with Crippen molar-refractivity contribution in [2.45, 2.75) is 12.8 Å². The predicted molar refractivity (Wildman–Crippen MR) is 82.4 cm³/mol. The van der Waals surface area contributed by atoms with Crippen molar-refractivity contribution >= 4 is 28.3 Å². The molecule has 0 radical (unpaired) electrons. The van der Waals surface area contributed by atoms with Crippen LogP contribution in [0.25, 0.3) is 10.6 Å². The van der Waals surface area contributed by atoms with E-state index in [1.165, 1.54) is 11.3 Å². The molecule has 1 spiro atoms. The molecule has 6 nitrogen and oxygen atoms in total. The van der Waals surface area contributed by atoms with Gasteiger partial charge in [-0.1, -0.05) is 41.7 Å². The number of nitrogens with zero attached hydrogens (tertiary/aromatic N) is 3. The van der Waals surface area contributed by atoms with Gasteiger partial charge in [-0.05, 0) is 6.42 Å². The summed E-state index contributed by atoms with van der Waals surface area (Å²) in [4.78, 5) is 25.6. The van der Waals surface area contributed by atoms with Gasteiger partial charge in [0.15, 0.2) is 0 Å². The monoisotopic (exact) mass is 314 g/mol. The maximum atomic E-state index is 12.0. The number of hydrogen-bond donors (Lipinski definition) is 1. The first kappa shape index (κ1) is 13.4. The van der Waals surface area contributed by atoms with Crippen molar-refractivity contribution in [3.05, 3.63) is 30.3 Å². The van der Waals surface area contributed by atoms with Crippen LogP contribution in [-0.2, 0) is 9.59 Å². The van der Waals surface area contributed by atoms with E-state index in [0.717, 1.165) is 22.2 Å². The number of amides is 2. The summed E-state index contributed by atoms with van der Waals surface area (Å²) < 4.78 is 0. The van der Waals surface area contributed by atoms with Gasteiger partial charge in [-0.15, -0.1) is 10.2 Å². The molecule has 2 aliphatic rings. The molecule has 1 unspecified atom stereocenters. The molecule has 0 saturated carbocycles. The summed E-state index contributed by atoms with van der Waals surface area (Å²) in [5, 5.41) is 12.6. The van der Waals surface area contributed by atoms with Gasteiger partial charge in [-0.25, -0.2) is 0 Å². The Balaban J connectivity index is 1.56. The van der Waals surface area contributed by atoms with Gasteiger partial charge in [-0.2, -0.15) is 0 Å². The van der Waals surface area contributed by atoms with Crippen molar-refractivity contribution < 1.29 is 9.59 Å². The minimum absolute atomic E-state index is 0.146. The first-order valence-electron chi connectivity index (χ1n) is 7.14. The number of carbonyl (C=O) groups excluding carboxylic acids is 2. The highest BCUT2D eigenvalue weighted by atomic mass is 32.1. The van der Waals surface area contributed by atoms with E-state index < -0.39 is 5.41 Å². The number of benzene rings is 1. The summed E-state index contributed by atoms with van der Waals surface area (Å²) in [5.74, 6) is -0.318. The summed E-state index contributed by atoms with van der Waals surface area (Å²) in [5.41, 5.74) is 0.462. The lowest BCUT2D eigenvalue weighted by atomic mass is 9.85. The Morgan fingerprint density at radius 2 is 2.00 bits per heavy atom. The normalized spacial score (nSPS) is 24.3. The van der Waals surface area contributed by atoms with Gasteiger partial charge in [0.05, 0.1) is 5.41 Å². The maximum Gasteiger partial charge on any atom is 0.235 e. The Hall–Kier alpha value is -2.28. The van der Waals surface area contributed by atoms with E-state index in [4.69, 9.17) is 0 Å². The Morgan fingerprint density at radius 1 is 1.18 bits per heavy atom. The van der Waals surface area contributed by atoms with Crippen LogP contribution in [0.15, 0.2) is 30.3 Å². The smallest absolute Gasteiger partial charge is 0.235 e. The van der Waals surface area contributed by atoms with Crippen molar-refractivity contribution in [2.75, 3.05) is 18.0 Å². The molecule has 1 aromatic carbocycles. The molecule has 0 bridgehead atoms. The molecule has 1 aromatic heterocycles. The van der Waals surface area contributed by atoms with Crippen LogP contribution in [0.5, 0.6) is 0 Å². The molecule has 4 rings (SSSR count). The fraction of sp³-hybridized carbons (Fsp3) is 0.333. The Kier molecular flexibility index (Phi) is 2.97. The van der Waals surface area contributed by atoms with Crippen molar-refractivity contribution in [1.82, 2.24) is 15.5 Å². The van der Waals surface area contributed by atoms with Gasteiger partial charge in [0, 0.05) is 25.1 Å². The lowest BCUT2D eigenvalue weighted by molar-refractivity contribution is -0.127. The number of carbonyl (C=O) groups is 2. The third-order valence-corrected chi connectivity index (χ3v) is 5.33. The van der Waals surface area contributed by atoms with Crippen molar-refractivity contribution in [2.24, 2.45) is 5.41 Å². The van der Waals surface area contributed by atoms with Crippen molar-refractivity contribution in [3.63, 3.8) is 0 Å². The number of aromatic nitrogens is 2. The van der Waals surface area contributed by atoms with Gasteiger partial charge < -0.3 is 4.90 Å². The molecule has 1 atom stereocenters. The molecule has 2 amide bonds. The number of rotatable bonds is 2. The van der Waals surface area contributed by atoms with Crippen LogP contribution < -0.4 is 10.2 Å². The quantitative estimate of drug-likeness (QED) is 0.849. The van der Waals surface area contributed by atoms with Crippen molar-refractivity contribution in [3.8, 4) is 10.6 Å². The number of nitrogens with one attached hydrogen (secondary N) is 1. The maximum absolute atomic E-state index is 12.0. The van der Waals surface area contributed by atoms with E-state index in [9.17, 15) is 9.59 Å². The zero-order valence-corrected chi connectivity index (χ0v) is 12.6. The summed E-state index contributed by atoms with van der Waals surface area (Å²) in [6.07, 6.45) is 0.970. The highest BCUT2D eigenvalue weighted by Crippen LogP contribution is 2.40. The molecule has 2 aliphatic heterocycles. The molecular formula is C15H14N4O2S. The molecule has 2 fully saturated rings. The summed E-state index contributed by atoms with van der Waals surface area (Å²) in [6, 6.07) is 9.90. The Labute approximate surface area is 131 Å². The summed E-state index contributed by atoms with van der Waals surface area (Å²) in [6.45, 7) is 1.26. The van der Waals surface area contributed by atoms with Gasteiger partial charge in [-0.3, -0.25) is 14.9 Å². The summed E-state index contributed by atoms with van der Waals surface area (Å²) >= 11 is 1.51. The molecule has 7 heteroatoms. The number of anilines is 1. The first-order chi connectivity index (χ1) is 10.7. The van der Waals surface area contributed by atoms with E-state index in [-0.39, 0.29) is 18.2 Å². The standard InChI is InChI=1S/C15H14N4O2S/c20-11-8-15(13(21)16-11)6-7-19(9-15)14-18-17-12(22-14)10-4-2-1-3-5-10/h1-5H,6-9H2,(H,16,20,21). The second-order valence-electron chi connectivity index (χ2n) is 5.76. The third-order valence-electron chi connectivity index (χ3n) is 4.29. The van der Waals surface area contributed by atoms with Crippen LogP contribution >= 0.6 is 11.3 Å². The molecule has 22 heavy (non-hydrogen) atoms. The second kappa shape index (κ2) is 4.88. The molecule has 2 saturated heterocycles. The second-order valence-corrected chi connectivity index (χ2v) is 6.72. The third kappa shape index (κ3) is 2.09. The van der Waals surface area contributed by atoms with Crippen LogP contribution in [0, 0.1) is 5.41 Å². The average Bonchev–Trinajstić information content (AvgIpc) is 3.20. The zero-order chi connectivity index (χ0) is 15.2. The van der Waals surface area contributed by atoms with E-state index >= 15 is 0 Å². The Morgan fingerprint density at radius 3 is 2.73 bits per heavy atom. The lowest BCUT2D eigenvalue weighted by Gasteiger charge is -2.19. The zero-order valence-electron chi connectivity index (χ0n) is 11.8. The number of hydrogen-bond acceptors (Lipinski definition) is 6. The van der Waals surface area contributed by atoms with Gasteiger partial charge in [0.25, 0.3) is 0 Å². The molecule has 2 aromatic rings. The van der Waals surface area contributed by atoms with Gasteiger partial charge in [0.1, 0.15) is 5.01 Å². The average molecular weight is 314 g/mol. The van der Waals surface area contributed by atoms with E-state index in [1.807, 2.05) is 30.3 Å². The largest absolute Gasteiger partial charge is 0.346 e. The van der Waals surface area contributed by atoms with E-state index in [1.54, 1.807) is 0 Å². The molecule has 0 aliphatic carbocycles. The Bertz CT molecular complexity index is 745. The van der Waals surface area contributed by atoms with Crippen LogP contribution in [0.2, 0.25) is 0 Å². The SMILES string of the molecule is O=C1CC2(CCN(c3nnc(-c4ccccc4)s3)C2)C(=O)N1. The fourth-order valence-corrected chi connectivity index (χ4v) is 3.97. The lowest BCUT2D eigenvalue weighted by Crippen LogP contribution is -2.34. The molecule has 112 valence electrons. The van der Waals surface area contributed by atoms with E-state index in [2.05, 4.69) is 20.4 Å². The highest BCUT2D eigenvalue weighted by Gasteiger charge is 2.51. The van der Waals surface area contributed by atoms with Gasteiger partial charge >= 0.3 is 0 Å². The fourth-order valence-electron chi connectivity index (χ4n) is 3.10. The number of imide groups is 1. The van der Waals surface area contributed by atoms with Crippen LogP contribution in [0.1, 0.15) is 12.8 Å². The molecule has 3 heterocycles. The van der Waals surface area contributed by atoms with Crippen LogP contribution in [0.3, 0.4) is 0 Å². The van der Waals surface area contributed by atoms with Crippen LogP contribution in [0.4, 0.5) is 5.13 Å². The predicted octanol–water partition coefficient (Wildman–Crippen LogP) is 1.45. The molecular weight excluding hydrogens is 300 g/mol. The minimum Gasteiger partial charge on any atom is -0.346 e. The van der Waals surface area contributed by atoms with Gasteiger partial charge in [0.2, 0.25) is 16.9 Å². The van der Waals surface area contributed by atoms with Crippen LogP contribution in [-0.4, -0.2) is 35.1 Å². The van der Waals surface area contributed by atoms with E-state index in [0.29, 0.717) is 13.0 Å². The van der Waals surface area contributed by atoms with Crippen molar-refractivity contribution in [1.29, 1.82) is 0 Å². The highest BCUT2D eigenvalue weighted by molar-refractivity contribution is 7.18. The topological polar surface area (TPSA) is 75.2 Å². The summed E-state index contributed by atoms with van der Waals surface area (Å²) in [7, 11) is 0. The molecule has 1 N–H and O–H groups in total.